The number of likely N-dealkylation sites (tertiary alicyclic amines) is 1. The van der Waals surface area contributed by atoms with Gasteiger partial charge in [-0.05, 0) is 56.0 Å². The Hall–Kier alpha value is -2.24. The number of pyridine rings is 1. The second-order valence-corrected chi connectivity index (χ2v) is 7.29. The Morgan fingerprint density at radius 1 is 1.19 bits per heavy atom. The molecule has 0 radical (unpaired) electrons. The minimum atomic E-state index is -0.0191. The van der Waals surface area contributed by atoms with Crippen LogP contribution in [-0.2, 0) is 6.42 Å². The Kier molecular flexibility index (Phi) is 6.96. The van der Waals surface area contributed by atoms with E-state index < -0.39 is 0 Å². The molecule has 1 aliphatic heterocycles. The van der Waals surface area contributed by atoms with Crippen molar-refractivity contribution in [3.05, 3.63) is 66.0 Å². The number of aliphatic hydroxyl groups is 1. The monoisotopic (exact) mass is 367 g/mol. The lowest BCUT2D eigenvalue weighted by Crippen LogP contribution is -2.48. The summed E-state index contributed by atoms with van der Waals surface area (Å²) in [6.07, 6.45) is 4.59. The number of amides is 1. The van der Waals surface area contributed by atoms with E-state index in [9.17, 15) is 9.90 Å². The molecule has 1 aromatic carbocycles. The summed E-state index contributed by atoms with van der Waals surface area (Å²) in [5.41, 5.74) is 1.75. The lowest BCUT2D eigenvalue weighted by Gasteiger charge is -2.40. The van der Waals surface area contributed by atoms with E-state index in [1.165, 1.54) is 5.56 Å². The number of nitrogens with zero attached hydrogens (tertiary/aromatic N) is 3. The molecule has 3 rings (SSSR count). The van der Waals surface area contributed by atoms with E-state index >= 15 is 0 Å². The minimum Gasteiger partial charge on any atom is -0.395 e. The van der Waals surface area contributed by atoms with Crippen LogP contribution in [0.2, 0.25) is 0 Å². The van der Waals surface area contributed by atoms with E-state index in [-0.39, 0.29) is 18.6 Å². The summed E-state index contributed by atoms with van der Waals surface area (Å²) in [6.45, 7) is 2.89. The number of β-amino-alcohol motifs (C(OH)–C–C–N with tert-alkyl or cyclic N) is 1. The Balaban J connectivity index is 1.76. The standard InChI is InChI=1S/C22H29N3O2/c1-24(22(27)20-9-5-6-12-23-20)21(17-18-7-3-2-4-8-18)19-10-13-25(14-11-19)15-16-26/h2-9,12,19,21,26H,10-11,13-17H2,1H3. The van der Waals surface area contributed by atoms with Crippen LogP contribution in [0.4, 0.5) is 0 Å². The van der Waals surface area contributed by atoms with Crippen molar-refractivity contribution in [3.8, 4) is 0 Å². The summed E-state index contributed by atoms with van der Waals surface area (Å²) in [6, 6.07) is 16.0. The van der Waals surface area contributed by atoms with Gasteiger partial charge < -0.3 is 14.9 Å². The molecular weight excluding hydrogens is 338 g/mol. The maximum atomic E-state index is 13.0. The first-order valence-corrected chi connectivity index (χ1v) is 9.74. The molecule has 1 saturated heterocycles. The zero-order chi connectivity index (χ0) is 19.1. The molecule has 1 aromatic heterocycles. The van der Waals surface area contributed by atoms with E-state index in [2.05, 4.69) is 34.1 Å². The van der Waals surface area contributed by atoms with Gasteiger partial charge in [-0.15, -0.1) is 0 Å². The lowest BCUT2D eigenvalue weighted by atomic mass is 9.85. The van der Waals surface area contributed by atoms with Gasteiger partial charge in [0.2, 0.25) is 0 Å². The predicted octanol–water partition coefficient (Wildman–Crippen LogP) is 2.47. The van der Waals surface area contributed by atoms with E-state index in [1.54, 1.807) is 12.3 Å². The maximum Gasteiger partial charge on any atom is 0.272 e. The molecule has 2 heterocycles. The number of hydrogen-bond donors (Lipinski definition) is 1. The van der Waals surface area contributed by atoms with Crippen molar-refractivity contribution in [1.82, 2.24) is 14.8 Å². The number of aromatic nitrogens is 1. The maximum absolute atomic E-state index is 13.0. The number of rotatable bonds is 7. The van der Waals surface area contributed by atoms with Gasteiger partial charge in [-0.2, -0.15) is 0 Å². The van der Waals surface area contributed by atoms with Gasteiger partial charge >= 0.3 is 0 Å². The first kappa shape index (κ1) is 19.5. The summed E-state index contributed by atoms with van der Waals surface area (Å²) >= 11 is 0. The fourth-order valence-electron chi connectivity index (χ4n) is 4.00. The van der Waals surface area contributed by atoms with Gasteiger partial charge in [0, 0.05) is 25.8 Å². The second kappa shape index (κ2) is 9.62. The van der Waals surface area contributed by atoms with Crippen LogP contribution >= 0.6 is 0 Å². The highest BCUT2D eigenvalue weighted by Gasteiger charge is 2.32. The largest absolute Gasteiger partial charge is 0.395 e. The topological polar surface area (TPSA) is 56.7 Å². The number of carbonyl (C=O) groups is 1. The Morgan fingerprint density at radius 3 is 2.52 bits per heavy atom. The molecule has 0 spiro atoms. The van der Waals surface area contributed by atoms with Gasteiger partial charge in [0.1, 0.15) is 5.69 Å². The van der Waals surface area contributed by atoms with Gasteiger partial charge in [0.05, 0.1) is 6.61 Å². The molecule has 1 atom stereocenters. The van der Waals surface area contributed by atoms with Crippen molar-refractivity contribution in [2.45, 2.75) is 25.3 Å². The number of aliphatic hydroxyl groups excluding tert-OH is 1. The quantitative estimate of drug-likeness (QED) is 0.817. The molecule has 0 saturated carbocycles. The number of piperidine rings is 1. The third-order valence-corrected chi connectivity index (χ3v) is 5.58. The van der Waals surface area contributed by atoms with Crippen molar-refractivity contribution in [2.75, 3.05) is 33.3 Å². The summed E-state index contributed by atoms with van der Waals surface area (Å²) in [5, 5.41) is 9.17. The summed E-state index contributed by atoms with van der Waals surface area (Å²) in [5.74, 6) is 0.423. The van der Waals surface area contributed by atoms with Gasteiger partial charge in [0.25, 0.3) is 5.91 Å². The van der Waals surface area contributed by atoms with Crippen LogP contribution in [0.1, 0.15) is 28.9 Å². The highest BCUT2D eigenvalue weighted by atomic mass is 16.3. The van der Waals surface area contributed by atoms with Gasteiger partial charge in [-0.25, -0.2) is 0 Å². The average molecular weight is 367 g/mol. The molecule has 0 bridgehead atoms. The van der Waals surface area contributed by atoms with Gasteiger partial charge in [-0.1, -0.05) is 36.4 Å². The molecule has 144 valence electrons. The Morgan fingerprint density at radius 2 is 1.89 bits per heavy atom. The van der Waals surface area contributed by atoms with Gasteiger partial charge in [0.15, 0.2) is 0 Å². The fraction of sp³-hybridized carbons (Fsp3) is 0.455. The Labute approximate surface area is 161 Å². The van der Waals surface area contributed by atoms with Crippen molar-refractivity contribution in [3.63, 3.8) is 0 Å². The van der Waals surface area contributed by atoms with Crippen molar-refractivity contribution in [1.29, 1.82) is 0 Å². The predicted molar refractivity (Wildman–Crippen MR) is 107 cm³/mol. The number of benzene rings is 1. The third kappa shape index (κ3) is 5.15. The second-order valence-electron chi connectivity index (χ2n) is 7.29. The molecule has 2 aromatic rings. The minimum absolute atomic E-state index is 0.0191. The molecule has 1 N–H and O–H groups in total. The van der Waals surface area contributed by atoms with Gasteiger partial charge in [-0.3, -0.25) is 9.78 Å². The normalized spacial score (nSPS) is 16.8. The summed E-state index contributed by atoms with van der Waals surface area (Å²) in [4.78, 5) is 21.4. The van der Waals surface area contributed by atoms with Crippen molar-refractivity contribution >= 4 is 5.91 Å². The molecule has 5 nitrogen and oxygen atoms in total. The zero-order valence-corrected chi connectivity index (χ0v) is 16.0. The van der Waals surface area contributed by atoms with Crippen LogP contribution in [-0.4, -0.2) is 65.1 Å². The van der Waals surface area contributed by atoms with Crippen LogP contribution in [0.5, 0.6) is 0 Å². The molecule has 5 heteroatoms. The molecule has 1 aliphatic rings. The molecule has 1 amide bonds. The third-order valence-electron chi connectivity index (χ3n) is 5.58. The smallest absolute Gasteiger partial charge is 0.272 e. The molecular formula is C22H29N3O2. The highest BCUT2D eigenvalue weighted by Crippen LogP contribution is 2.27. The number of hydrogen-bond acceptors (Lipinski definition) is 4. The average Bonchev–Trinajstić information content (AvgIpc) is 2.73. The SMILES string of the molecule is CN(C(=O)c1ccccn1)C(Cc1ccccc1)C1CCN(CCO)CC1. The lowest BCUT2D eigenvalue weighted by molar-refractivity contribution is 0.0571. The number of likely N-dealkylation sites (N-methyl/N-ethyl adjacent to an activating group) is 1. The summed E-state index contributed by atoms with van der Waals surface area (Å²) in [7, 11) is 1.91. The fourth-order valence-corrected chi connectivity index (χ4v) is 4.00. The molecule has 1 unspecified atom stereocenters. The van der Waals surface area contributed by atoms with Crippen LogP contribution in [0.25, 0.3) is 0 Å². The highest BCUT2D eigenvalue weighted by molar-refractivity contribution is 5.92. The van der Waals surface area contributed by atoms with Crippen LogP contribution in [0.3, 0.4) is 0 Å². The van der Waals surface area contributed by atoms with Crippen molar-refractivity contribution < 1.29 is 9.90 Å². The molecule has 0 aliphatic carbocycles. The Bertz CT molecular complexity index is 700. The van der Waals surface area contributed by atoms with Crippen molar-refractivity contribution in [2.24, 2.45) is 5.92 Å². The van der Waals surface area contributed by atoms with Crippen LogP contribution in [0, 0.1) is 5.92 Å². The van der Waals surface area contributed by atoms with E-state index in [1.807, 2.05) is 30.1 Å². The van der Waals surface area contributed by atoms with E-state index in [4.69, 9.17) is 0 Å². The summed E-state index contributed by atoms with van der Waals surface area (Å²) < 4.78 is 0. The zero-order valence-electron chi connectivity index (χ0n) is 16.0. The first-order chi connectivity index (χ1) is 13.2. The van der Waals surface area contributed by atoms with E-state index in [0.717, 1.165) is 38.9 Å². The molecule has 1 fully saturated rings. The molecule has 27 heavy (non-hydrogen) atoms. The van der Waals surface area contributed by atoms with Crippen LogP contribution < -0.4 is 0 Å². The van der Waals surface area contributed by atoms with E-state index in [0.29, 0.717) is 11.6 Å². The first-order valence-electron chi connectivity index (χ1n) is 9.74. The number of carbonyl (C=O) groups excluding carboxylic acids is 1. The van der Waals surface area contributed by atoms with Crippen LogP contribution in [0.15, 0.2) is 54.7 Å².